The molecule has 0 aromatic heterocycles. The number of benzene rings is 2. The van der Waals surface area contributed by atoms with Gasteiger partial charge in [0.2, 0.25) is 5.78 Å². The fraction of sp³-hybridized carbons (Fsp3) is 0.133. The molecule has 0 radical (unpaired) electrons. The summed E-state index contributed by atoms with van der Waals surface area (Å²) in [4.78, 5) is 12.3. The van der Waals surface area contributed by atoms with Gasteiger partial charge in [-0.1, -0.05) is 39.7 Å². The van der Waals surface area contributed by atoms with E-state index in [4.69, 9.17) is 16.3 Å². The van der Waals surface area contributed by atoms with Crippen LogP contribution in [0.2, 0.25) is 5.02 Å². The van der Waals surface area contributed by atoms with E-state index in [1.165, 1.54) is 0 Å². The summed E-state index contributed by atoms with van der Waals surface area (Å²) in [5.74, 6) is 0.512. The van der Waals surface area contributed by atoms with Crippen molar-refractivity contribution in [2.75, 3.05) is 0 Å². The molecule has 0 heterocycles. The molecule has 0 aliphatic carbocycles. The second kappa shape index (κ2) is 6.74. The molecule has 2 aromatic rings. The highest BCUT2D eigenvalue weighted by atomic mass is 79.9. The molecule has 2 rings (SSSR count). The SMILES string of the molecule is CC(Oc1ccc(Br)cc1Br)C(=O)c1cccc(Cl)c1. The Hall–Kier alpha value is -0.840. The van der Waals surface area contributed by atoms with E-state index in [1.807, 2.05) is 12.1 Å². The van der Waals surface area contributed by atoms with Crippen molar-refractivity contribution in [2.24, 2.45) is 0 Å². The van der Waals surface area contributed by atoms with E-state index in [1.54, 1.807) is 37.3 Å². The van der Waals surface area contributed by atoms with Crippen molar-refractivity contribution in [3.05, 3.63) is 62.0 Å². The van der Waals surface area contributed by atoms with Crippen molar-refractivity contribution in [3.63, 3.8) is 0 Å². The van der Waals surface area contributed by atoms with Gasteiger partial charge in [-0.05, 0) is 53.2 Å². The van der Waals surface area contributed by atoms with Crippen molar-refractivity contribution < 1.29 is 9.53 Å². The van der Waals surface area contributed by atoms with E-state index in [0.29, 0.717) is 16.3 Å². The molecule has 20 heavy (non-hydrogen) atoms. The van der Waals surface area contributed by atoms with Crippen molar-refractivity contribution in [3.8, 4) is 5.75 Å². The number of hydrogen-bond donors (Lipinski definition) is 0. The molecule has 0 aliphatic rings. The van der Waals surface area contributed by atoms with Gasteiger partial charge in [-0.15, -0.1) is 0 Å². The Kier molecular flexibility index (Phi) is 5.24. The summed E-state index contributed by atoms with van der Waals surface area (Å²) in [5.41, 5.74) is 0.540. The smallest absolute Gasteiger partial charge is 0.203 e. The Morgan fingerprint density at radius 3 is 2.60 bits per heavy atom. The lowest BCUT2D eigenvalue weighted by Gasteiger charge is -2.15. The van der Waals surface area contributed by atoms with E-state index in [0.717, 1.165) is 8.95 Å². The third-order valence-electron chi connectivity index (χ3n) is 2.68. The van der Waals surface area contributed by atoms with Crippen LogP contribution in [-0.2, 0) is 0 Å². The molecule has 0 spiro atoms. The zero-order valence-electron chi connectivity index (χ0n) is 10.6. The van der Waals surface area contributed by atoms with Gasteiger partial charge in [-0.25, -0.2) is 0 Å². The van der Waals surface area contributed by atoms with Gasteiger partial charge in [-0.3, -0.25) is 4.79 Å². The summed E-state index contributed by atoms with van der Waals surface area (Å²) in [6.07, 6.45) is -0.592. The Morgan fingerprint density at radius 1 is 1.20 bits per heavy atom. The molecular formula is C15H11Br2ClO2. The number of ketones is 1. The quantitative estimate of drug-likeness (QED) is 0.612. The molecule has 1 atom stereocenters. The minimum Gasteiger partial charge on any atom is -0.481 e. The van der Waals surface area contributed by atoms with Crippen LogP contribution in [0.4, 0.5) is 0 Å². The highest BCUT2D eigenvalue weighted by Gasteiger charge is 2.18. The second-order valence-electron chi connectivity index (χ2n) is 4.21. The minimum absolute atomic E-state index is 0.109. The number of halogens is 3. The van der Waals surface area contributed by atoms with E-state index in [9.17, 15) is 4.79 Å². The first-order chi connectivity index (χ1) is 9.47. The van der Waals surface area contributed by atoms with E-state index in [2.05, 4.69) is 31.9 Å². The molecule has 0 amide bonds. The molecule has 0 aliphatic heterocycles. The lowest BCUT2D eigenvalue weighted by atomic mass is 10.1. The lowest BCUT2D eigenvalue weighted by molar-refractivity contribution is 0.0817. The van der Waals surface area contributed by atoms with Crippen LogP contribution in [0.15, 0.2) is 51.4 Å². The van der Waals surface area contributed by atoms with Crippen LogP contribution in [0.25, 0.3) is 0 Å². The average molecular weight is 419 g/mol. The number of carbonyl (C=O) groups excluding carboxylic acids is 1. The summed E-state index contributed by atoms with van der Waals surface area (Å²) >= 11 is 12.7. The van der Waals surface area contributed by atoms with Gasteiger partial charge in [0.25, 0.3) is 0 Å². The Labute approximate surface area is 139 Å². The summed E-state index contributed by atoms with van der Waals surface area (Å²) in [7, 11) is 0. The molecule has 0 fully saturated rings. The fourth-order valence-electron chi connectivity index (χ4n) is 1.69. The van der Waals surface area contributed by atoms with Crippen molar-refractivity contribution in [1.29, 1.82) is 0 Å². The third-order valence-corrected chi connectivity index (χ3v) is 4.02. The Balaban J connectivity index is 2.15. The normalized spacial score (nSPS) is 12.0. The lowest BCUT2D eigenvalue weighted by Crippen LogP contribution is -2.24. The molecule has 0 N–H and O–H groups in total. The number of carbonyl (C=O) groups is 1. The van der Waals surface area contributed by atoms with Crippen LogP contribution in [0, 0.1) is 0 Å². The number of ether oxygens (including phenoxy) is 1. The van der Waals surface area contributed by atoms with Crippen LogP contribution in [0.1, 0.15) is 17.3 Å². The van der Waals surface area contributed by atoms with E-state index < -0.39 is 6.10 Å². The Morgan fingerprint density at radius 2 is 1.95 bits per heavy atom. The summed E-state index contributed by atoms with van der Waals surface area (Å²) in [6.45, 7) is 1.72. The molecule has 5 heteroatoms. The monoisotopic (exact) mass is 416 g/mol. The van der Waals surface area contributed by atoms with Crippen LogP contribution in [0.3, 0.4) is 0 Å². The highest BCUT2D eigenvalue weighted by Crippen LogP contribution is 2.29. The van der Waals surface area contributed by atoms with Gasteiger partial charge < -0.3 is 4.74 Å². The van der Waals surface area contributed by atoms with E-state index >= 15 is 0 Å². The zero-order chi connectivity index (χ0) is 14.7. The molecule has 104 valence electrons. The van der Waals surface area contributed by atoms with Crippen LogP contribution in [-0.4, -0.2) is 11.9 Å². The van der Waals surface area contributed by atoms with Gasteiger partial charge >= 0.3 is 0 Å². The Bertz CT molecular complexity index is 644. The minimum atomic E-state index is -0.592. The van der Waals surface area contributed by atoms with Crippen molar-refractivity contribution in [2.45, 2.75) is 13.0 Å². The van der Waals surface area contributed by atoms with E-state index in [-0.39, 0.29) is 5.78 Å². The topological polar surface area (TPSA) is 26.3 Å². The third kappa shape index (κ3) is 3.84. The molecule has 2 aromatic carbocycles. The van der Waals surface area contributed by atoms with Crippen molar-refractivity contribution in [1.82, 2.24) is 0 Å². The van der Waals surface area contributed by atoms with Crippen molar-refractivity contribution >= 4 is 49.2 Å². The first-order valence-corrected chi connectivity index (χ1v) is 7.85. The first kappa shape index (κ1) is 15.5. The predicted molar refractivity (Wildman–Crippen MR) is 87.7 cm³/mol. The maximum atomic E-state index is 12.3. The van der Waals surface area contributed by atoms with Gasteiger partial charge in [-0.2, -0.15) is 0 Å². The standard InChI is InChI=1S/C15H11Br2ClO2/c1-9(15(19)10-3-2-4-12(18)7-10)20-14-6-5-11(16)8-13(14)17/h2-9H,1H3. The first-order valence-electron chi connectivity index (χ1n) is 5.89. The van der Waals surface area contributed by atoms with Gasteiger partial charge in [0, 0.05) is 15.1 Å². The molecule has 2 nitrogen and oxygen atoms in total. The summed E-state index contributed by atoms with van der Waals surface area (Å²) < 4.78 is 7.42. The molecule has 0 saturated carbocycles. The number of hydrogen-bond acceptors (Lipinski definition) is 2. The van der Waals surface area contributed by atoms with Crippen LogP contribution >= 0.6 is 43.5 Å². The summed E-state index contributed by atoms with van der Waals surface area (Å²) in [5, 5.41) is 0.535. The van der Waals surface area contributed by atoms with Crippen LogP contribution in [0.5, 0.6) is 5.75 Å². The molecule has 1 unspecified atom stereocenters. The molecule has 0 bridgehead atoms. The van der Waals surface area contributed by atoms with Gasteiger partial charge in [0.15, 0.2) is 6.10 Å². The summed E-state index contributed by atoms with van der Waals surface area (Å²) in [6, 6.07) is 12.4. The predicted octanol–water partition coefficient (Wildman–Crippen LogP) is 5.52. The maximum absolute atomic E-state index is 12.3. The molecular weight excluding hydrogens is 407 g/mol. The molecule has 0 saturated heterocycles. The highest BCUT2D eigenvalue weighted by molar-refractivity contribution is 9.11. The maximum Gasteiger partial charge on any atom is 0.203 e. The van der Waals surface area contributed by atoms with Gasteiger partial charge in [0.05, 0.1) is 4.47 Å². The second-order valence-corrected chi connectivity index (χ2v) is 6.42. The van der Waals surface area contributed by atoms with Crippen LogP contribution < -0.4 is 4.74 Å². The number of Topliss-reactive ketones (excluding diaryl/α,β-unsaturated/α-hetero) is 1. The zero-order valence-corrected chi connectivity index (χ0v) is 14.5. The number of rotatable bonds is 4. The fourth-order valence-corrected chi connectivity index (χ4v) is 3.02. The largest absolute Gasteiger partial charge is 0.481 e. The van der Waals surface area contributed by atoms with Gasteiger partial charge in [0.1, 0.15) is 5.75 Å². The average Bonchev–Trinajstić information content (AvgIpc) is 2.41.